The van der Waals surface area contributed by atoms with E-state index in [0.717, 1.165) is 0 Å². The zero-order valence-corrected chi connectivity index (χ0v) is 13.0. The van der Waals surface area contributed by atoms with Gasteiger partial charge in [-0.25, -0.2) is 14.6 Å². The molecule has 1 amide bonds. The zero-order valence-electron chi connectivity index (χ0n) is 13.0. The molecule has 0 bridgehead atoms. The van der Waals surface area contributed by atoms with Crippen LogP contribution in [0.4, 0.5) is 10.6 Å². The third-order valence-electron chi connectivity index (χ3n) is 2.70. The molecule has 0 saturated heterocycles. The molecule has 0 aliphatic rings. The summed E-state index contributed by atoms with van der Waals surface area (Å²) in [5.41, 5.74) is 5.60. The van der Waals surface area contributed by atoms with Crippen LogP contribution in [0, 0.1) is 0 Å². The first-order chi connectivity index (χ1) is 10.2. The average Bonchev–Trinajstić information content (AvgIpc) is 2.37. The van der Waals surface area contributed by atoms with Crippen molar-refractivity contribution in [2.75, 3.05) is 5.73 Å². The van der Waals surface area contributed by atoms with Crippen molar-refractivity contribution in [1.82, 2.24) is 15.3 Å². The van der Waals surface area contributed by atoms with E-state index >= 15 is 0 Å². The first-order valence-corrected chi connectivity index (χ1v) is 6.96. The quantitative estimate of drug-likeness (QED) is 0.723. The fraction of sp³-hybridized carbons (Fsp3) is 0.571. The standard InChI is InChI=1S/C14H22N4O4/c1-14(2,3)22-13(21)18-10(12(19)20)6-4-5-9-11(15)17-8-7-16-9/h7-8,10H,4-6H2,1-3H3,(H2,15,17)(H,18,21)(H,19,20)/t10-/m1/s1. The average molecular weight is 310 g/mol. The van der Waals surface area contributed by atoms with E-state index in [1.54, 1.807) is 20.8 Å². The largest absolute Gasteiger partial charge is 0.480 e. The molecule has 8 nitrogen and oxygen atoms in total. The number of anilines is 1. The lowest BCUT2D eigenvalue weighted by Gasteiger charge is -2.22. The first kappa shape index (κ1) is 17.7. The number of hydrogen-bond donors (Lipinski definition) is 3. The molecule has 0 spiro atoms. The summed E-state index contributed by atoms with van der Waals surface area (Å²) in [7, 11) is 0. The Balaban J connectivity index is 2.50. The number of nitrogens with two attached hydrogens (primary N) is 1. The van der Waals surface area contributed by atoms with Crippen LogP contribution in [-0.4, -0.2) is 38.8 Å². The topological polar surface area (TPSA) is 127 Å². The molecular formula is C14H22N4O4. The molecule has 22 heavy (non-hydrogen) atoms. The molecule has 8 heteroatoms. The number of ether oxygens (including phenoxy) is 1. The van der Waals surface area contributed by atoms with Crippen LogP contribution in [0.25, 0.3) is 0 Å². The van der Waals surface area contributed by atoms with E-state index < -0.39 is 23.7 Å². The van der Waals surface area contributed by atoms with Crippen LogP contribution in [0.3, 0.4) is 0 Å². The van der Waals surface area contributed by atoms with E-state index in [1.165, 1.54) is 12.4 Å². The van der Waals surface area contributed by atoms with E-state index in [2.05, 4.69) is 15.3 Å². The summed E-state index contributed by atoms with van der Waals surface area (Å²) in [5.74, 6) is -0.785. The van der Waals surface area contributed by atoms with Gasteiger partial charge in [-0.1, -0.05) is 0 Å². The minimum Gasteiger partial charge on any atom is -0.480 e. The van der Waals surface area contributed by atoms with Gasteiger partial charge in [-0.05, 0) is 40.0 Å². The van der Waals surface area contributed by atoms with E-state index in [4.69, 9.17) is 15.6 Å². The number of aryl methyl sites for hydroxylation is 1. The summed E-state index contributed by atoms with van der Waals surface area (Å²) in [6.45, 7) is 5.12. The van der Waals surface area contributed by atoms with Crippen LogP contribution >= 0.6 is 0 Å². The molecule has 0 aliphatic carbocycles. The lowest BCUT2D eigenvalue weighted by molar-refractivity contribution is -0.139. The molecule has 1 atom stereocenters. The van der Waals surface area contributed by atoms with Crippen molar-refractivity contribution < 1.29 is 19.4 Å². The van der Waals surface area contributed by atoms with Crippen LogP contribution in [0.15, 0.2) is 12.4 Å². The first-order valence-electron chi connectivity index (χ1n) is 6.96. The van der Waals surface area contributed by atoms with E-state index in [0.29, 0.717) is 24.4 Å². The molecule has 0 aliphatic heterocycles. The number of rotatable bonds is 6. The van der Waals surface area contributed by atoms with Crippen molar-refractivity contribution in [2.45, 2.75) is 51.7 Å². The van der Waals surface area contributed by atoms with Gasteiger partial charge >= 0.3 is 12.1 Å². The van der Waals surface area contributed by atoms with Gasteiger partial charge < -0.3 is 20.9 Å². The number of nitrogens with one attached hydrogen (secondary N) is 1. The minimum atomic E-state index is -1.11. The molecule has 0 fully saturated rings. The molecule has 1 rings (SSSR count). The fourth-order valence-electron chi connectivity index (χ4n) is 1.75. The van der Waals surface area contributed by atoms with Gasteiger partial charge in [0, 0.05) is 12.4 Å². The highest BCUT2D eigenvalue weighted by Gasteiger charge is 2.23. The van der Waals surface area contributed by atoms with E-state index in [9.17, 15) is 9.59 Å². The Kier molecular flexibility index (Phi) is 6.09. The smallest absolute Gasteiger partial charge is 0.408 e. The Hall–Kier alpha value is -2.38. The summed E-state index contributed by atoms with van der Waals surface area (Å²) in [4.78, 5) is 30.8. The van der Waals surface area contributed by atoms with Gasteiger partial charge in [-0.2, -0.15) is 0 Å². The van der Waals surface area contributed by atoms with E-state index in [-0.39, 0.29) is 6.42 Å². The van der Waals surface area contributed by atoms with Crippen LogP contribution < -0.4 is 11.1 Å². The SMILES string of the molecule is CC(C)(C)OC(=O)N[C@H](CCCc1nccnc1N)C(=O)O. The molecule has 1 aromatic heterocycles. The van der Waals surface area contributed by atoms with Gasteiger partial charge in [0.1, 0.15) is 17.5 Å². The summed E-state index contributed by atoms with van der Waals surface area (Å²) in [6, 6.07) is -1.02. The van der Waals surface area contributed by atoms with Gasteiger partial charge in [0.15, 0.2) is 0 Å². The number of amides is 1. The Morgan fingerprint density at radius 2 is 2.00 bits per heavy atom. The van der Waals surface area contributed by atoms with Gasteiger partial charge in [-0.15, -0.1) is 0 Å². The van der Waals surface area contributed by atoms with Crippen molar-refractivity contribution in [3.63, 3.8) is 0 Å². The Bertz CT molecular complexity index is 528. The Morgan fingerprint density at radius 1 is 1.36 bits per heavy atom. The zero-order chi connectivity index (χ0) is 16.8. The molecular weight excluding hydrogens is 288 g/mol. The number of alkyl carbamates (subject to hydrolysis) is 1. The third-order valence-corrected chi connectivity index (χ3v) is 2.70. The number of aromatic nitrogens is 2. The Labute approximate surface area is 129 Å². The molecule has 0 unspecified atom stereocenters. The summed E-state index contributed by atoms with van der Waals surface area (Å²) < 4.78 is 5.05. The number of carbonyl (C=O) groups excluding carboxylic acids is 1. The number of hydrogen-bond acceptors (Lipinski definition) is 6. The summed E-state index contributed by atoms with van der Waals surface area (Å²) >= 11 is 0. The second kappa shape index (κ2) is 7.58. The monoisotopic (exact) mass is 310 g/mol. The number of nitrogen functional groups attached to an aromatic ring is 1. The maximum absolute atomic E-state index is 11.6. The van der Waals surface area contributed by atoms with Gasteiger partial charge in [0.2, 0.25) is 0 Å². The highest BCUT2D eigenvalue weighted by Crippen LogP contribution is 2.11. The summed E-state index contributed by atoms with van der Waals surface area (Å²) in [6.07, 6.45) is 3.49. The molecule has 1 heterocycles. The number of carboxylic acid groups (broad SMARTS) is 1. The van der Waals surface area contributed by atoms with Gasteiger partial charge in [-0.3, -0.25) is 4.98 Å². The van der Waals surface area contributed by atoms with Crippen molar-refractivity contribution in [3.8, 4) is 0 Å². The second-order valence-corrected chi connectivity index (χ2v) is 5.82. The lowest BCUT2D eigenvalue weighted by Crippen LogP contribution is -2.43. The van der Waals surface area contributed by atoms with Gasteiger partial charge in [0.05, 0.1) is 5.69 Å². The Morgan fingerprint density at radius 3 is 2.55 bits per heavy atom. The van der Waals surface area contributed by atoms with Crippen molar-refractivity contribution in [1.29, 1.82) is 0 Å². The maximum Gasteiger partial charge on any atom is 0.408 e. The molecule has 0 radical (unpaired) electrons. The van der Waals surface area contributed by atoms with E-state index in [1.807, 2.05) is 0 Å². The fourth-order valence-corrected chi connectivity index (χ4v) is 1.75. The summed E-state index contributed by atoms with van der Waals surface area (Å²) in [5, 5.41) is 11.5. The number of carbonyl (C=O) groups is 2. The minimum absolute atomic E-state index is 0.241. The van der Waals surface area contributed by atoms with Crippen molar-refractivity contribution in [2.24, 2.45) is 0 Å². The number of aliphatic carboxylic acids is 1. The molecule has 0 aromatic carbocycles. The molecule has 122 valence electrons. The highest BCUT2D eigenvalue weighted by molar-refractivity contribution is 5.79. The van der Waals surface area contributed by atoms with Crippen LogP contribution in [0.2, 0.25) is 0 Å². The third kappa shape index (κ3) is 6.38. The predicted molar refractivity (Wildman–Crippen MR) is 80.2 cm³/mol. The van der Waals surface area contributed by atoms with Crippen molar-refractivity contribution >= 4 is 17.9 Å². The lowest BCUT2D eigenvalue weighted by atomic mass is 10.1. The molecule has 0 saturated carbocycles. The number of carboxylic acids is 1. The maximum atomic E-state index is 11.6. The predicted octanol–water partition coefficient (Wildman–Crippen LogP) is 1.36. The molecule has 4 N–H and O–H groups in total. The van der Waals surface area contributed by atoms with Gasteiger partial charge in [0.25, 0.3) is 0 Å². The highest BCUT2D eigenvalue weighted by atomic mass is 16.6. The normalized spacial score (nSPS) is 12.5. The van der Waals surface area contributed by atoms with Crippen LogP contribution in [-0.2, 0) is 16.0 Å². The number of nitrogens with zero attached hydrogens (tertiary/aromatic N) is 2. The molecule has 1 aromatic rings. The van der Waals surface area contributed by atoms with Crippen LogP contribution in [0.5, 0.6) is 0 Å². The van der Waals surface area contributed by atoms with Crippen molar-refractivity contribution in [3.05, 3.63) is 18.1 Å². The van der Waals surface area contributed by atoms with Crippen LogP contribution in [0.1, 0.15) is 39.3 Å². The second-order valence-electron chi connectivity index (χ2n) is 5.82.